The van der Waals surface area contributed by atoms with E-state index in [4.69, 9.17) is 4.74 Å². The molecule has 0 spiro atoms. The van der Waals surface area contributed by atoms with E-state index in [2.05, 4.69) is 0 Å². The Hall–Kier alpha value is -3.86. The topological polar surface area (TPSA) is 66.8 Å². The molecule has 2 atom stereocenters. The smallest absolute Gasteiger partial charge is 0.295 e. The number of amides is 1. The Labute approximate surface area is 186 Å². The van der Waals surface area contributed by atoms with Crippen LogP contribution in [0.25, 0.3) is 5.76 Å². The summed E-state index contributed by atoms with van der Waals surface area (Å²) in [5, 5.41) is 11.3. The Morgan fingerprint density at radius 3 is 2.41 bits per heavy atom. The summed E-state index contributed by atoms with van der Waals surface area (Å²) < 4.78 is 5.75. The van der Waals surface area contributed by atoms with Crippen molar-refractivity contribution in [3.8, 4) is 5.75 Å². The number of hydrogen-bond donors (Lipinski definition) is 1. The fourth-order valence-electron chi connectivity index (χ4n) is 4.53. The second kappa shape index (κ2) is 8.00. The van der Waals surface area contributed by atoms with Crippen LogP contribution in [0, 0.1) is 0 Å². The van der Waals surface area contributed by atoms with Crippen LogP contribution in [0.1, 0.15) is 35.2 Å². The highest BCUT2D eigenvalue weighted by molar-refractivity contribution is 6.46. The summed E-state index contributed by atoms with van der Waals surface area (Å²) in [6.45, 7) is 2.27. The van der Waals surface area contributed by atoms with Gasteiger partial charge in [-0.3, -0.25) is 9.59 Å². The number of hydrogen-bond acceptors (Lipinski definition) is 4. The van der Waals surface area contributed by atoms with Gasteiger partial charge in [0, 0.05) is 18.5 Å². The number of carbonyl (C=O) groups excluding carboxylic acids is 2. The highest BCUT2D eigenvalue weighted by Crippen LogP contribution is 2.41. The molecule has 2 aliphatic heterocycles. The van der Waals surface area contributed by atoms with E-state index >= 15 is 0 Å². The summed E-state index contributed by atoms with van der Waals surface area (Å²) in [5.74, 6) is -0.645. The number of likely N-dealkylation sites (tertiary alicyclic amines) is 1. The maximum atomic E-state index is 13.2. The van der Waals surface area contributed by atoms with Gasteiger partial charge in [-0.2, -0.15) is 0 Å². The number of nitrogens with zero attached hydrogens (tertiary/aromatic N) is 1. The van der Waals surface area contributed by atoms with Crippen molar-refractivity contribution in [2.24, 2.45) is 0 Å². The predicted octanol–water partition coefficient (Wildman–Crippen LogP) is 4.63. The number of fused-ring (bicyclic) bond motifs is 1. The Morgan fingerprint density at radius 2 is 1.69 bits per heavy atom. The number of benzene rings is 3. The number of aliphatic hydroxyl groups excluding tert-OH is 1. The third-order valence-electron chi connectivity index (χ3n) is 6.02. The van der Waals surface area contributed by atoms with E-state index in [1.54, 1.807) is 6.07 Å². The fourth-order valence-corrected chi connectivity index (χ4v) is 4.53. The first kappa shape index (κ1) is 20.1. The zero-order chi connectivity index (χ0) is 22.2. The average molecular weight is 425 g/mol. The summed E-state index contributed by atoms with van der Waals surface area (Å²) in [5.41, 5.74) is 3.31. The normalized spacial score (nSPS) is 21.5. The molecule has 3 aromatic rings. The van der Waals surface area contributed by atoms with Crippen LogP contribution in [0.4, 0.5) is 0 Å². The molecule has 32 heavy (non-hydrogen) atoms. The molecule has 2 aliphatic rings. The summed E-state index contributed by atoms with van der Waals surface area (Å²) in [6, 6.07) is 23.6. The first-order valence-electron chi connectivity index (χ1n) is 10.7. The number of ether oxygens (including phenoxy) is 1. The molecule has 1 saturated heterocycles. The van der Waals surface area contributed by atoms with Gasteiger partial charge in [0.25, 0.3) is 11.7 Å². The van der Waals surface area contributed by atoms with Crippen molar-refractivity contribution in [3.05, 3.63) is 107 Å². The maximum Gasteiger partial charge on any atom is 0.295 e. The van der Waals surface area contributed by atoms with Crippen LogP contribution < -0.4 is 4.74 Å². The number of Topliss-reactive ketones (excluding diaryl/α,β-unsaturated/α-hetero) is 1. The molecular weight excluding hydrogens is 402 g/mol. The van der Waals surface area contributed by atoms with Gasteiger partial charge in [-0.05, 0) is 41.8 Å². The summed E-state index contributed by atoms with van der Waals surface area (Å²) in [4.78, 5) is 27.8. The van der Waals surface area contributed by atoms with E-state index in [-0.39, 0.29) is 24.0 Å². The molecule has 0 bridgehead atoms. The van der Waals surface area contributed by atoms with Crippen LogP contribution in [0.15, 0.2) is 84.4 Å². The van der Waals surface area contributed by atoms with E-state index in [1.807, 2.05) is 79.7 Å². The highest BCUT2D eigenvalue weighted by Gasteiger charge is 2.46. The molecule has 3 aromatic carbocycles. The maximum absolute atomic E-state index is 13.2. The van der Waals surface area contributed by atoms with Crippen molar-refractivity contribution in [1.82, 2.24) is 4.90 Å². The standard InChI is InChI=1S/C27H23NO4/c1-17-14-21-15-20(12-13-22(21)32-17)25(29)23-24(19-10-6-3-7-11-19)28(27(31)26(23)30)16-18-8-4-2-5-9-18/h2-13,15,17,24,29H,14,16H2,1H3/t17-,24-/m0/s1. The van der Waals surface area contributed by atoms with Crippen LogP contribution in [0.3, 0.4) is 0 Å². The van der Waals surface area contributed by atoms with Crippen LogP contribution in [-0.4, -0.2) is 27.8 Å². The molecule has 0 aliphatic carbocycles. The molecule has 0 saturated carbocycles. The van der Waals surface area contributed by atoms with Crippen LogP contribution in [0.5, 0.6) is 5.75 Å². The second-order valence-corrected chi connectivity index (χ2v) is 8.28. The first-order valence-corrected chi connectivity index (χ1v) is 10.7. The Bertz CT molecular complexity index is 1220. The number of aliphatic hydroxyl groups is 1. The molecule has 2 heterocycles. The third kappa shape index (κ3) is 3.46. The molecule has 0 aromatic heterocycles. The van der Waals surface area contributed by atoms with Gasteiger partial charge in [-0.1, -0.05) is 60.7 Å². The highest BCUT2D eigenvalue weighted by atomic mass is 16.5. The van der Waals surface area contributed by atoms with Crippen molar-refractivity contribution in [1.29, 1.82) is 0 Å². The lowest BCUT2D eigenvalue weighted by Crippen LogP contribution is -2.29. The Morgan fingerprint density at radius 1 is 1.00 bits per heavy atom. The quantitative estimate of drug-likeness (QED) is 0.376. The molecule has 1 N–H and O–H groups in total. The lowest BCUT2D eigenvalue weighted by Gasteiger charge is -2.25. The summed E-state index contributed by atoms with van der Waals surface area (Å²) >= 11 is 0. The zero-order valence-electron chi connectivity index (χ0n) is 17.7. The van der Waals surface area contributed by atoms with E-state index in [9.17, 15) is 14.7 Å². The van der Waals surface area contributed by atoms with Crippen molar-refractivity contribution in [2.75, 3.05) is 0 Å². The molecule has 5 heteroatoms. The molecule has 5 nitrogen and oxygen atoms in total. The van der Waals surface area contributed by atoms with Gasteiger partial charge < -0.3 is 14.7 Å². The predicted molar refractivity (Wildman–Crippen MR) is 121 cm³/mol. The SMILES string of the molecule is C[C@H]1Cc2cc(C(O)=C3C(=O)C(=O)N(Cc4ccccc4)[C@H]3c3ccccc3)ccc2O1. The first-order chi connectivity index (χ1) is 15.5. The fraction of sp³-hybridized carbons (Fsp3) is 0.185. The molecule has 1 amide bonds. The minimum Gasteiger partial charge on any atom is -0.507 e. The van der Waals surface area contributed by atoms with Gasteiger partial charge in [0.2, 0.25) is 0 Å². The Balaban J connectivity index is 1.62. The van der Waals surface area contributed by atoms with Crippen LogP contribution in [-0.2, 0) is 22.6 Å². The molecule has 0 radical (unpaired) electrons. The second-order valence-electron chi connectivity index (χ2n) is 8.28. The van der Waals surface area contributed by atoms with E-state index in [1.165, 1.54) is 4.90 Å². The molecule has 0 unspecified atom stereocenters. The molecule has 5 rings (SSSR count). The largest absolute Gasteiger partial charge is 0.507 e. The van der Waals surface area contributed by atoms with E-state index in [0.29, 0.717) is 5.56 Å². The van der Waals surface area contributed by atoms with Crippen molar-refractivity contribution >= 4 is 17.4 Å². The van der Waals surface area contributed by atoms with Crippen molar-refractivity contribution in [2.45, 2.75) is 32.0 Å². The Kier molecular flexibility index (Phi) is 5.02. The summed E-state index contributed by atoms with van der Waals surface area (Å²) in [7, 11) is 0. The minimum atomic E-state index is -0.669. The monoisotopic (exact) mass is 425 g/mol. The van der Waals surface area contributed by atoms with Gasteiger partial charge >= 0.3 is 0 Å². The minimum absolute atomic E-state index is 0.0724. The van der Waals surface area contributed by atoms with E-state index in [0.717, 1.165) is 28.9 Å². The van der Waals surface area contributed by atoms with Gasteiger partial charge in [0.15, 0.2) is 0 Å². The number of rotatable bonds is 4. The molecule has 160 valence electrons. The van der Waals surface area contributed by atoms with Gasteiger partial charge in [-0.15, -0.1) is 0 Å². The van der Waals surface area contributed by atoms with Crippen molar-refractivity contribution in [3.63, 3.8) is 0 Å². The zero-order valence-corrected chi connectivity index (χ0v) is 17.7. The lowest BCUT2D eigenvalue weighted by molar-refractivity contribution is -0.140. The van der Waals surface area contributed by atoms with Gasteiger partial charge in [-0.25, -0.2) is 0 Å². The van der Waals surface area contributed by atoms with Gasteiger partial charge in [0.05, 0.1) is 11.6 Å². The third-order valence-corrected chi connectivity index (χ3v) is 6.02. The van der Waals surface area contributed by atoms with Crippen molar-refractivity contribution < 1.29 is 19.4 Å². The lowest BCUT2D eigenvalue weighted by atomic mass is 9.94. The number of ketones is 1. The average Bonchev–Trinajstić information content (AvgIpc) is 3.31. The van der Waals surface area contributed by atoms with Crippen LogP contribution >= 0.6 is 0 Å². The summed E-state index contributed by atoms with van der Waals surface area (Å²) in [6.07, 6.45) is 0.809. The van der Waals surface area contributed by atoms with E-state index < -0.39 is 17.7 Å². The van der Waals surface area contributed by atoms with Crippen LogP contribution in [0.2, 0.25) is 0 Å². The van der Waals surface area contributed by atoms with Gasteiger partial charge in [0.1, 0.15) is 17.6 Å². The molecular formula is C27H23NO4. The number of carbonyl (C=O) groups is 2. The molecule has 1 fully saturated rings.